The molecule has 1 N–H and O–H groups in total. The molecule has 18 heavy (non-hydrogen) atoms. The second-order valence-electron chi connectivity index (χ2n) is 5.18. The molecule has 1 saturated carbocycles. The van der Waals surface area contributed by atoms with Crippen molar-refractivity contribution >= 4 is 29.1 Å². The topological polar surface area (TPSA) is 42.0 Å². The lowest BCUT2D eigenvalue weighted by Gasteiger charge is -2.20. The lowest BCUT2D eigenvalue weighted by atomic mass is 9.92. The summed E-state index contributed by atoms with van der Waals surface area (Å²) in [5.74, 6) is 0.348. The summed E-state index contributed by atoms with van der Waals surface area (Å²) < 4.78 is 0. The summed E-state index contributed by atoms with van der Waals surface area (Å²) in [4.78, 5) is 15.9. The maximum atomic E-state index is 12.1. The summed E-state index contributed by atoms with van der Waals surface area (Å²) in [6, 6.07) is 0. The fraction of sp³-hybridized carbons (Fsp3) is 0.538. The van der Waals surface area contributed by atoms with Gasteiger partial charge >= 0.3 is 0 Å². The van der Waals surface area contributed by atoms with Gasteiger partial charge in [0.15, 0.2) is 0 Å². The molecule has 0 spiro atoms. The normalized spacial score (nSPS) is 16.7. The number of carbonyl (C=O) groups is 1. The standard InChI is InChI=1S/C13H16Cl2N2O/c1-8(2)13(3-4-13)7-17-12(18)11-9(14)5-16-6-10(11)15/h5-6,8H,3-4,7H2,1-2H3,(H,17,18). The van der Waals surface area contributed by atoms with Gasteiger partial charge in [0.2, 0.25) is 0 Å². The fourth-order valence-corrected chi connectivity index (χ4v) is 2.63. The van der Waals surface area contributed by atoms with Gasteiger partial charge < -0.3 is 5.32 Å². The van der Waals surface area contributed by atoms with E-state index in [0.29, 0.717) is 18.0 Å². The van der Waals surface area contributed by atoms with E-state index in [1.165, 1.54) is 25.2 Å². The van der Waals surface area contributed by atoms with Crippen LogP contribution in [0.15, 0.2) is 12.4 Å². The fourth-order valence-electron chi connectivity index (χ4n) is 2.09. The molecule has 1 fully saturated rings. The molecule has 98 valence electrons. The Morgan fingerprint density at radius 2 is 1.94 bits per heavy atom. The Balaban J connectivity index is 2.05. The van der Waals surface area contributed by atoms with Crippen LogP contribution in [0.25, 0.3) is 0 Å². The first kappa shape index (κ1) is 13.6. The third kappa shape index (κ3) is 2.62. The van der Waals surface area contributed by atoms with Crippen molar-refractivity contribution in [3.63, 3.8) is 0 Å². The molecule has 1 aromatic rings. The predicted molar refractivity (Wildman–Crippen MR) is 73.1 cm³/mol. The number of pyridine rings is 1. The van der Waals surface area contributed by atoms with Crippen LogP contribution in [0.3, 0.4) is 0 Å². The minimum Gasteiger partial charge on any atom is -0.351 e. The number of carbonyl (C=O) groups excluding carboxylic acids is 1. The minimum atomic E-state index is -0.223. The Morgan fingerprint density at radius 3 is 2.39 bits per heavy atom. The number of halogens is 2. The van der Waals surface area contributed by atoms with Crippen molar-refractivity contribution in [3.8, 4) is 0 Å². The molecule has 0 saturated heterocycles. The molecule has 1 aliphatic carbocycles. The highest BCUT2D eigenvalue weighted by Crippen LogP contribution is 2.51. The summed E-state index contributed by atoms with van der Waals surface area (Å²) in [5.41, 5.74) is 0.578. The van der Waals surface area contributed by atoms with Gasteiger partial charge in [-0.1, -0.05) is 37.0 Å². The lowest BCUT2D eigenvalue weighted by Crippen LogP contribution is -2.32. The van der Waals surface area contributed by atoms with Crippen LogP contribution >= 0.6 is 23.2 Å². The van der Waals surface area contributed by atoms with Crippen LogP contribution in [0, 0.1) is 11.3 Å². The van der Waals surface area contributed by atoms with E-state index in [1.54, 1.807) is 0 Å². The van der Waals surface area contributed by atoms with E-state index in [1.807, 2.05) is 0 Å². The van der Waals surface area contributed by atoms with Crippen molar-refractivity contribution in [2.45, 2.75) is 26.7 Å². The molecular formula is C13H16Cl2N2O. The van der Waals surface area contributed by atoms with Crippen LogP contribution in [0.4, 0.5) is 0 Å². The summed E-state index contributed by atoms with van der Waals surface area (Å²) in [6.45, 7) is 5.05. The summed E-state index contributed by atoms with van der Waals surface area (Å²) in [6.07, 6.45) is 5.20. The van der Waals surface area contributed by atoms with E-state index in [9.17, 15) is 4.79 Å². The van der Waals surface area contributed by atoms with Gasteiger partial charge in [-0.25, -0.2) is 0 Å². The molecule has 1 amide bonds. The first-order valence-corrected chi connectivity index (χ1v) is 6.79. The average Bonchev–Trinajstić information content (AvgIpc) is 3.07. The van der Waals surface area contributed by atoms with Crippen molar-refractivity contribution in [3.05, 3.63) is 28.0 Å². The van der Waals surface area contributed by atoms with Crippen molar-refractivity contribution in [1.29, 1.82) is 0 Å². The molecule has 0 bridgehead atoms. The largest absolute Gasteiger partial charge is 0.351 e. The number of hydrogen-bond donors (Lipinski definition) is 1. The second kappa shape index (κ2) is 5.06. The van der Waals surface area contributed by atoms with Gasteiger partial charge in [0.25, 0.3) is 5.91 Å². The lowest BCUT2D eigenvalue weighted by molar-refractivity contribution is 0.0940. The molecule has 1 heterocycles. The third-order valence-corrected chi connectivity index (χ3v) is 4.37. The maximum absolute atomic E-state index is 12.1. The number of amides is 1. The molecule has 0 atom stereocenters. The molecule has 0 unspecified atom stereocenters. The number of aromatic nitrogens is 1. The molecule has 0 aromatic carbocycles. The Bertz CT molecular complexity index is 450. The first-order valence-electron chi connectivity index (χ1n) is 6.03. The molecule has 2 rings (SSSR count). The minimum absolute atomic E-state index is 0.223. The Hall–Kier alpha value is -0.800. The van der Waals surface area contributed by atoms with E-state index in [2.05, 4.69) is 24.1 Å². The number of rotatable bonds is 4. The van der Waals surface area contributed by atoms with E-state index < -0.39 is 0 Å². The molecular weight excluding hydrogens is 271 g/mol. The SMILES string of the molecule is CC(C)C1(CNC(=O)c2c(Cl)cncc2Cl)CC1. The Kier molecular flexibility index (Phi) is 3.83. The van der Waals surface area contributed by atoms with E-state index in [0.717, 1.165) is 0 Å². The van der Waals surface area contributed by atoms with Crippen molar-refractivity contribution in [1.82, 2.24) is 10.3 Å². The van der Waals surface area contributed by atoms with E-state index in [4.69, 9.17) is 23.2 Å². The number of hydrogen-bond acceptors (Lipinski definition) is 2. The Morgan fingerprint density at radius 1 is 1.39 bits per heavy atom. The summed E-state index contributed by atoms with van der Waals surface area (Å²) in [7, 11) is 0. The van der Waals surface area contributed by atoms with Crippen LogP contribution in [0.2, 0.25) is 10.0 Å². The summed E-state index contributed by atoms with van der Waals surface area (Å²) >= 11 is 11.9. The molecule has 1 aromatic heterocycles. The zero-order valence-corrected chi connectivity index (χ0v) is 12.0. The molecule has 1 aliphatic rings. The zero-order chi connectivity index (χ0) is 13.3. The number of nitrogens with one attached hydrogen (secondary N) is 1. The molecule has 3 nitrogen and oxygen atoms in total. The van der Waals surface area contributed by atoms with Gasteiger partial charge in [0, 0.05) is 18.9 Å². The van der Waals surface area contributed by atoms with Gasteiger partial charge in [-0.15, -0.1) is 0 Å². The maximum Gasteiger partial charge on any atom is 0.254 e. The van der Waals surface area contributed by atoms with Crippen LogP contribution in [0.1, 0.15) is 37.0 Å². The highest BCUT2D eigenvalue weighted by Gasteiger charge is 2.45. The van der Waals surface area contributed by atoms with Crippen LogP contribution < -0.4 is 5.32 Å². The third-order valence-electron chi connectivity index (χ3n) is 3.80. The smallest absolute Gasteiger partial charge is 0.254 e. The second-order valence-corrected chi connectivity index (χ2v) is 5.99. The average molecular weight is 287 g/mol. The van der Waals surface area contributed by atoms with Crippen LogP contribution in [-0.2, 0) is 0 Å². The van der Waals surface area contributed by atoms with Gasteiger partial charge in [0.05, 0.1) is 15.6 Å². The van der Waals surface area contributed by atoms with Crippen molar-refractivity contribution in [2.75, 3.05) is 6.54 Å². The van der Waals surface area contributed by atoms with Gasteiger partial charge in [0.1, 0.15) is 0 Å². The van der Waals surface area contributed by atoms with E-state index >= 15 is 0 Å². The molecule has 0 aliphatic heterocycles. The number of nitrogens with zero attached hydrogens (tertiary/aromatic N) is 1. The predicted octanol–water partition coefficient (Wildman–Crippen LogP) is 3.55. The van der Waals surface area contributed by atoms with Gasteiger partial charge in [-0.2, -0.15) is 0 Å². The first-order chi connectivity index (χ1) is 8.46. The zero-order valence-electron chi connectivity index (χ0n) is 10.5. The summed E-state index contributed by atoms with van der Waals surface area (Å²) in [5, 5.41) is 3.50. The quantitative estimate of drug-likeness (QED) is 0.920. The van der Waals surface area contributed by atoms with Crippen LogP contribution in [-0.4, -0.2) is 17.4 Å². The monoisotopic (exact) mass is 286 g/mol. The van der Waals surface area contributed by atoms with Gasteiger partial charge in [-0.3, -0.25) is 9.78 Å². The highest BCUT2D eigenvalue weighted by molar-refractivity contribution is 6.39. The molecule has 0 radical (unpaired) electrons. The Labute approximate surface area is 117 Å². The highest BCUT2D eigenvalue weighted by atomic mass is 35.5. The van der Waals surface area contributed by atoms with Crippen molar-refractivity contribution in [2.24, 2.45) is 11.3 Å². The van der Waals surface area contributed by atoms with Crippen LogP contribution in [0.5, 0.6) is 0 Å². The van der Waals surface area contributed by atoms with Crippen molar-refractivity contribution < 1.29 is 4.79 Å². The van der Waals surface area contributed by atoms with Gasteiger partial charge in [-0.05, 0) is 24.2 Å². The van der Waals surface area contributed by atoms with E-state index in [-0.39, 0.29) is 21.4 Å². The molecule has 5 heteroatoms.